The van der Waals surface area contributed by atoms with Crippen molar-refractivity contribution in [3.05, 3.63) is 59.7 Å². The first-order valence-electron chi connectivity index (χ1n) is 8.78. The second-order valence-corrected chi connectivity index (χ2v) is 6.37. The van der Waals surface area contributed by atoms with Crippen LogP contribution in [0.4, 0.5) is 18.9 Å². The molecule has 0 fully saturated rings. The quantitative estimate of drug-likeness (QED) is 0.766. The monoisotopic (exact) mass is 392 g/mol. The molecule has 0 saturated carbocycles. The van der Waals surface area contributed by atoms with E-state index in [0.717, 1.165) is 25.0 Å². The Labute approximate surface area is 159 Å². The van der Waals surface area contributed by atoms with E-state index in [9.17, 15) is 22.8 Å². The maximum atomic E-state index is 12.7. The van der Waals surface area contributed by atoms with E-state index in [1.165, 1.54) is 18.2 Å². The summed E-state index contributed by atoms with van der Waals surface area (Å²) in [4.78, 5) is 29.2. The van der Waals surface area contributed by atoms with Crippen LogP contribution in [0, 0.1) is 0 Å². The minimum Gasteiger partial charge on any atom is -0.346 e. The molecule has 0 bridgehead atoms. The molecular formula is C19H19F3N4O2. The molecule has 0 aliphatic carbocycles. The number of rotatable bonds is 5. The van der Waals surface area contributed by atoms with Crippen molar-refractivity contribution in [2.45, 2.75) is 32.0 Å². The second kappa shape index (κ2) is 7.87. The third-order valence-electron chi connectivity index (χ3n) is 4.41. The van der Waals surface area contributed by atoms with Gasteiger partial charge in [0.05, 0.1) is 11.3 Å². The lowest BCUT2D eigenvalue weighted by molar-refractivity contribution is -0.137. The zero-order valence-electron chi connectivity index (χ0n) is 15.0. The zero-order valence-corrected chi connectivity index (χ0v) is 15.0. The highest BCUT2D eigenvalue weighted by atomic mass is 19.4. The molecule has 1 aromatic carbocycles. The van der Waals surface area contributed by atoms with E-state index < -0.39 is 23.6 Å². The summed E-state index contributed by atoms with van der Waals surface area (Å²) in [6.45, 7) is 4.39. The minimum atomic E-state index is -4.45. The standard InChI is InChI=1S/C19H19F3N4O2/c1-2-10-23-18(28)16-25-15(14-5-3-4-11-26(14)16)17(27)24-13-8-6-12(7-9-13)19(20,21)22/h2,6-9H,1,3-5,10-11H2,(H,23,28)(H,24,27). The van der Waals surface area contributed by atoms with E-state index in [2.05, 4.69) is 22.2 Å². The number of alkyl halides is 3. The summed E-state index contributed by atoms with van der Waals surface area (Å²) in [7, 11) is 0. The minimum absolute atomic E-state index is 0.114. The van der Waals surface area contributed by atoms with Gasteiger partial charge in [-0.2, -0.15) is 13.2 Å². The summed E-state index contributed by atoms with van der Waals surface area (Å²) in [5, 5.41) is 5.19. The molecule has 0 atom stereocenters. The molecular weight excluding hydrogens is 373 g/mol. The molecule has 6 nitrogen and oxygen atoms in total. The van der Waals surface area contributed by atoms with Crippen LogP contribution in [0.2, 0.25) is 0 Å². The van der Waals surface area contributed by atoms with E-state index in [0.29, 0.717) is 18.7 Å². The number of benzene rings is 1. The van der Waals surface area contributed by atoms with Gasteiger partial charge < -0.3 is 15.2 Å². The summed E-state index contributed by atoms with van der Waals surface area (Å²) >= 11 is 0. The molecule has 0 saturated heterocycles. The van der Waals surface area contributed by atoms with Crippen LogP contribution in [0.25, 0.3) is 0 Å². The number of anilines is 1. The summed E-state index contributed by atoms with van der Waals surface area (Å²) < 4.78 is 39.7. The fourth-order valence-electron chi connectivity index (χ4n) is 3.07. The molecule has 2 N–H and O–H groups in total. The molecule has 0 spiro atoms. The van der Waals surface area contributed by atoms with Crippen molar-refractivity contribution >= 4 is 17.5 Å². The van der Waals surface area contributed by atoms with Crippen LogP contribution in [0.15, 0.2) is 36.9 Å². The van der Waals surface area contributed by atoms with Gasteiger partial charge in [0.15, 0.2) is 11.5 Å². The van der Waals surface area contributed by atoms with E-state index in [1.54, 1.807) is 4.57 Å². The molecule has 28 heavy (non-hydrogen) atoms. The number of amides is 2. The van der Waals surface area contributed by atoms with Crippen molar-refractivity contribution in [2.75, 3.05) is 11.9 Å². The van der Waals surface area contributed by atoms with Crippen molar-refractivity contribution in [1.82, 2.24) is 14.9 Å². The molecule has 148 valence electrons. The molecule has 1 aliphatic heterocycles. The summed E-state index contributed by atoms with van der Waals surface area (Å²) in [5.41, 5.74) is 0.182. The Kier molecular flexibility index (Phi) is 5.53. The van der Waals surface area contributed by atoms with Crippen molar-refractivity contribution in [1.29, 1.82) is 0 Å². The molecule has 1 aliphatic rings. The van der Waals surface area contributed by atoms with Crippen molar-refractivity contribution in [2.24, 2.45) is 0 Å². The molecule has 0 unspecified atom stereocenters. The summed E-state index contributed by atoms with van der Waals surface area (Å²) in [5.74, 6) is -0.820. The zero-order chi connectivity index (χ0) is 20.3. The van der Waals surface area contributed by atoms with Crippen molar-refractivity contribution in [3.8, 4) is 0 Å². The SMILES string of the molecule is C=CCNC(=O)c1nc(C(=O)Nc2ccc(C(F)(F)F)cc2)c2n1CCCC2. The smallest absolute Gasteiger partial charge is 0.346 e. The normalized spacial score (nSPS) is 13.5. The first-order chi connectivity index (χ1) is 13.3. The Morgan fingerprint density at radius 1 is 1.18 bits per heavy atom. The van der Waals surface area contributed by atoms with Crippen LogP contribution >= 0.6 is 0 Å². The Hall–Kier alpha value is -3.10. The van der Waals surface area contributed by atoms with Crippen molar-refractivity contribution < 1.29 is 22.8 Å². The largest absolute Gasteiger partial charge is 0.416 e. The van der Waals surface area contributed by atoms with Gasteiger partial charge >= 0.3 is 6.18 Å². The topological polar surface area (TPSA) is 76.0 Å². The third kappa shape index (κ3) is 4.08. The highest BCUT2D eigenvalue weighted by Gasteiger charge is 2.30. The van der Waals surface area contributed by atoms with Gasteiger partial charge in [-0.1, -0.05) is 6.08 Å². The summed E-state index contributed by atoms with van der Waals surface area (Å²) in [6, 6.07) is 4.15. The van der Waals surface area contributed by atoms with Crippen LogP contribution < -0.4 is 10.6 Å². The molecule has 3 rings (SSSR count). The molecule has 0 radical (unpaired) electrons. The van der Waals surface area contributed by atoms with Crippen LogP contribution in [0.5, 0.6) is 0 Å². The molecule has 2 aromatic rings. The molecule has 2 heterocycles. The number of halogens is 3. The molecule has 9 heteroatoms. The van der Waals surface area contributed by atoms with Crippen LogP contribution in [0.1, 0.15) is 45.2 Å². The van der Waals surface area contributed by atoms with E-state index >= 15 is 0 Å². The van der Waals surface area contributed by atoms with Crippen LogP contribution in [-0.2, 0) is 19.1 Å². The summed E-state index contributed by atoms with van der Waals surface area (Å²) in [6.07, 6.45) is -0.585. The van der Waals surface area contributed by atoms with Crippen LogP contribution in [-0.4, -0.2) is 27.9 Å². The average Bonchev–Trinajstić information content (AvgIpc) is 3.06. The Morgan fingerprint density at radius 3 is 2.54 bits per heavy atom. The maximum Gasteiger partial charge on any atom is 0.416 e. The van der Waals surface area contributed by atoms with Gasteiger partial charge in [0.25, 0.3) is 11.8 Å². The number of carbonyl (C=O) groups excluding carboxylic acids is 2. The van der Waals surface area contributed by atoms with E-state index in [4.69, 9.17) is 0 Å². The number of hydrogen-bond donors (Lipinski definition) is 2. The van der Waals surface area contributed by atoms with Crippen molar-refractivity contribution in [3.63, 3.8) is 0 Å². The number of nitrogens with one attached hydrogen (secondary N) is 2. The molecule has 2 amide bonds. The van der Waals surface area contributed by atoms with Gasteiger partial charge in [0, 0.05) is 18.8 Å². The highest BCUT2D eigenvalue weighted by Crippen LogP contribution is 2.30. The van der Waals surface area contributed by atoms with Gasteiger partial charge in [-0.05, 0) is 43.5 Å². The first kappa shape index (κ1) is 19.7. The van der Waals surface area contributed by atoms with E-state index in [1.807, 2.05) is 0 Å². The Balaban J connectivity index is 1.84. The predicted molar refractivity (Wildman–Crippen MR) is 97.1 cm³/mol. The number of hydrogen-bond acceptors (Lipinski definition) is 3. The lowest BCUT2D eigenvalue weighted by atomic mass is 10.1. The number of imidazole rings is 1. The number of carbonyl (C=O) groups is 2. The lowest BCUT2D eigenvalue weighted by Gasteiger charge is -2.17. The third-order valence-corrected chi connectivity index (χ3v) is 4.41. The first-order valence-corrected chi connectivity index (χ1v) is 8.78. The molecule has 1 aromatic heterocycles. The number of nitrogens with zero attached hydrogens (tertiary/aromatic N) is 2. The van der Waals surface area contributed by atoms with Crippen LogP contribution in [0.3, 0.4) is 0 Å². The second-order valence-electron chi connectivity index (χ2n) is 6.37. The average molecular weight is 392 g/mol. The number of aromatic nitrogens is 2. The fraction of sp³-hybridized carbons (Fsp3) is 0.316. The Bertz CT molecular complexity index is 901. The van der Waals surface area contributed by atoms with Gasteiger partial charge in [-0.3, -0.25) is 9.59 Å². The Morgan fingerprint density at radius 2 is 1.89 bits per heavy atom. The van der Waals surface area contributed by atoms with Gasteiger partial charge in [-0.25, -0.2) is 4.98 Å². The highest BCUT2D eigenvalue weighted by molar-refractivity contribution is 6.05. The van der Waals surface area contributed by atoms with Gasteiger partial charge in [-0.15, -0.1) is 6.58 Å². The fourth-order valence-corrected chi connectivity index (χ4v) is 3.07. The van der Waals surface area contributed by atoms with Gasteiger partial charge in [0.2, 0.25) is 0 Å². The van der Waals surface area contributed by atoms with Gasteiger partial charge in [0.1, 0.15) is 0 Å². The van der Waals surface area contributed by atoms with E-state index in [-0.39, 0.29) is 23.8 Å². The maximum absolute atomic E-state index is 12.7. The number of fused-ring (bicyclic) bond motifs is 1. The lowest BCUT2D eigenvalue weighted by Crippen LogP contribution is -2.28. The predicted octanol–water partition coefficient (Wildman–Crippen LogP) is 3.41.